The highest BCUT2D eigenvalue weighted by Crippen LogP contribution is 2.32. The van der Waals surface area contributed by atoms with E-state index in [4.69, 9.17) is 15.9 Å². The SMILES string of the molecule is C#CC(C)=C=C(C)Oc1cc(OC(C)=C=C(C)C=C)cc(C(C)(C)C)c1. The molecule has 0 aliphatic rings. The van der Waals surface area contributed by atoms with E-state index >= 15 is 0 Å². The molecule has 1 aromatic carbocycles. The van der Waals surface area contributed by atoms with Crippen LogP contribution in [0.5, 0.6) is 11.5 Å². The van der Waals surface area contributed by atoms with E-state index in [1.165, 1.54) is 0 Å². The van der Waals surface area contributed by atoms with Crippen LogP contribution in [0.4, 0.5) is 0 Å². The minimum Gasteiger partial charge on any atom is -0.454 e. The van der Waals surface area contributed by atoms with Crippen LogP contribution in [-0.2, 0) is 5.41 Å². The molecule has 0 N–H and O–H groups in total. The summed E-state index contributed by atoms with van der Waals surface area (Å²) >= 11 is 0. The third-order valence-corrected chi connectivity index (χ3v) is 3.55. The Morgan fingerprint density at radius 1 is 0.962 bits per heavy atom. The maximum Gasteiger partial charge on any atom is 0.144 e. The predicted octanol–water partition coefficient (Wildman–Crippen LogP) is 6.46. The Labute approximate surface area is 158 Å². The maximum absolute atomic E-state index is 5.94. The molecule has 2 heteroatoms. The Bertz CT molecular complexity index is 854. The van der Waals surface area contributed by atoms with Crippen molar-refractivity contribution in [2.45, 2.75) is 53.9 Å². The van der Waals surface area contributed by atoms with E-state index in [0.29, 0.717) is 28.6 Å². The molecule has 26 heavy (non-hydrogen) atoms. The smallest absolute Gasteiger partial charge is 0.144 e. The quantitative estimate of drug-likeness (QED) is 0.263. The molecule has 2 nitrogen and oxygen atoms in total. The minimum absolute atomic E-state index is 0.0514. The van der Waals surface area contributed by atoms with Crippen molar-refractivity contribution in [3.63, 3.8) is 0 Å². The van der Waals surface area contributed by atoms with Gasteiger partial charge in [0, 0.05) is 25.5 Å². The van der Waals surface area contributed by atoms with Crippen LogP contribution in [0, 0.1) is 12.3 Å². The van der Waals surface area contributed by atoms with Crippen molar-refractivity contribution in [3.05, 3.63) is 70.5 Å². The van der Waals surface area contributed by atoms with Crippen LogP contribution in [0.15, 0.2) is 65.0 Å². The number of terminal acetylenes is 1. The molecule has 136 valence electrons. The number of allylic oxidation sites excluding steroid dienone is 3. The number of hydrogen-bond donors (Lipinski definition) is 0. The molecule has 0 unspecified atom stereocenters. The van der Waals surface area contributed by atoms with Gasteiger partial charge in [0.25, 0.3) is 0 Å². The Balaban J connectivity index is 3.37. The number of ether oxygens (including phenoxy) is 2. The average molecular weight is 348 g/mol. The highest BCUT2D eigenvalue weighted by Gasteiger charge is 2.17. The van der Waals surface area contributed by atoms with Crippen LogP contribution < -0.4 is 9.47 Å². The van der Waals surface area contributed by atoms with Gasteiger partial charge in [-0.25, -0.2) is 0 Å². The van der Waals surface area contributed by atoms with Crippen molar-refractivity contribution < 1.29 is 9.47 Å². The molecule has 1 rings (SSSR count). The molecule has 0 heterocycles. The van der Waals surface area contributed by atoms with E-state index in [1.54, 1.807) is 6.08 Å². The summed E-state index contributed by atoms with van der Waals surface area (Å²) in [5.74, 6) is 5.18. The summed E-state index contributed by atoms with van der Waals surface area (Å²) in [5, 5.41) is 0. The van der Waals surface area contributed by atoms with Gasteiger partial charge in [-0.3, -0.25) is 0 Å². The lowest BCUT2D eigenvalue weighted by atomic mass is 9.87. The van der Waals surface area contributed by atoms with Gasteiger partial charge in [0.05, 0.1) is 0 Å². The molecule has 0 spiro atoms. The zero-order valence-corrected chi connectivity index (χ0v) is 16.9. The molecule has 0 bridgehead atoms. The third-order valence-electron chi connectivity index (χ3n) is 3.55. The minimum atomic E-state index is -0.0514. The van der Waals surface area contributed by atoms with E-state index in [1.807, 2.05) is 45.9 Å². The fourth-order valence-electron chi connectivity index (χ4n) is 2.16. The fraction of sp³-hybridized carbons (Fsp3) is 0.333. The van der Waals surface area contributed by atoms with Gasteiger partial charge in [-0.05, 0) is 42.5 Å². The highest BCUT2D eigenvalue weighted by molar-refractivity contribution is 5.42. The topological polar surface area (TPSA) is 18.5 Å². The van der Waals surface area contributed by atoms with Gasteiger partial charge in [0.2, 0.25) is 0 Å². The molecular formula is C24H28O2. The van der Waals surface area contributed by atoms with Crippen molar-refractivity contribution in [1.29, 1.82) is 0 Å². The summed E-state index contributed by atoms with van der Waals surface area (Å²) in [6.45, 7) is 17.6. The van der Waals surface area contributed by atoms with E-state index in [0.717, 1.165) is 11.1 Å². The Morgan fingerprint density at radius 3 is 1.88 bits per heavy atom. The van der Waals surface area contributed by atoms with Crippen molar-refractivity contribution in [1.82, 2.24) is 0 Å². The Kier molecular flexibility index (Phi) is 7.36. The first-order valence-corrected chi connectivity index (χ1v) is 8.53. The fourth-order valence-corrected chi connectivity index (χ4v) is 2.16. The standard InChI is InChI=1S/C24H28O2/c1-10-17(3)12-19(5)25-22-14-21(24(7,8)9)15-23(16-22)26-20(6)13-18(4)11-2/h1,11,14-16H,2H2,3-9H3. The van der Waals surface area contributed by atoms with Crippen molar-refractivity contribution in [2.75, 3.05) is 0 Å². The summed E-state index contributed by atoms with van der Waals surface area (Å²) in [7, 11) is 0. The largest absolute Gasteiger partial charge is 0.454 e. The lowest BCUT2D eigenvalue weighted by Crippen LogP contribution is -2.11. The molecule has 0 saturated carbocycles. The second-order valence-corrected chi connectivity index (χ2v) is 7.17. The Hall–Kier alpha value is -2.84. The van der Waals surface area contributed by atoms with Gasteiger partial charge in [-0.2, -0.15) is 0 Å². The van der Waals surface area contributed by atoms with E-state index in [9.17, 15) is 0 Å². The number of benzene rings is 1. The molecule has 0 fully saturated rings. The Morgan fingerprint density at radius 2 is 1.46 bits per heavy atom. The maximum atomic E-state index is 5.94. The van der Waals surface area contributed by atoms with Crippen LogP contribution in [-0.4, -0.2) is 0 Å². The molecule has 0 aromatic heterocycles. The van der Waals surface area contributed by atoms with Gasteiger partial charge < -0.3 is 9.47 Å². The molecular weight excluding hydrogens is 320 g/mol. The van der Waals surface area contributed by atoms with Crippen LogP contribution in [0.2, 0.25) is 0 Å². The monoisotopic (exact) mass is 348 g/mol. The molecule has 0 amide bonds. The molecule has 0 saturated heterocycles. The van der Waals surface area contributed by atoms with Gasteiger partial charge in [-0.15, -0.1) is 6.42 Å². The number of hydrogen-bond acceptors (Lipinski definition) is 2. The first kappa shape index (κ1) is 21.2. The lowest BCUT2D eigenvalue weighted by molar-refractivity contribution is 0.405. The van der Waals surface area contributed by atoms with Crippen molar-refractivity contribution >= 4 is 0 Å². The first-order chi connectivity index (χ1) is 12.0. The van der Waals surface area contributed by atoms with E-state index in [-0.39, 0.29) is 5.41 Å². The van der Waals surface area contributed by atoms with Gasteiger partial charge in [0.15, 0.2) is 0 Å². The summed E-state index contributed by atoms with van der Waals surface area (Å²) < 4.78 is 11.8. The molecule has 1 aromatic rings. The van der Waals surface area contributed by atoms with Crippen LogP contribution in [0.3, 0.4) is 0 Å². The van der Waals surface area contributed by atoms with Crippen molar-refractivity contribution in [3.8, 4) is 23.8 Å². The van der Waals surface area contributed by atoms with Crippen LogP contribution in [0.25, 0.3) is 0 Å². The number of rotatable bonds is 5. The second kappa shape index (κ2) is 9.02. The lowest BCUT2D eigenvalue weighted by Gasteiger charge is -2.21. The normalized spacial score (nSPS) is 9.92. The summed E-state index contributed by atoms with van der Waals surface area (Å²) in [4.78, 5) is 0. The molecule has 0 radical (unpaired) electrons. The predicted molar refractivity (Wildman–Crippen MR) is 109 cm³/mol. The van der Waals surface area contributed by atoms with Gasteiger partial charge in [-0.1, -0.05) is 50.8 Å². The van der Waals surface area contributed by atoms with Crippen molar-refractivity contribution in [2.24, 2.45) is 0 Å². The highest BCUT2D eigenvalue weighted by atomic mass is 16.5. The molecule has 0 aliphatic carbocycles. The third kappa shape index (κ3) is 6.96. The zero-order valence-electron chi connectivity index (χ0n) is 16.9. The molecule has 0 atom stereocenters. The summed E-state index contributed by atoms with van der Waals surface area (Å²) in [6, 6.07) is 5.87. The second-order valence-electron chi connectivity index (χ2n) is 7.17. The van der Waals surface area contributed by atoms with Crippen LogP contribution in [0.1, 0.15) is 54.0 Å². The van der Waals surface area contributed by atoms with E-state index in [2.05, 4.69) is 44.7 Å². The van der Waals surface area contributed by atoms with Gasteiger partial charge in [0.1, 0.15) is 23.0 Å². The van der Waals surface area contributed by atoms with E-state index < -0.39 is 0 Å². The zero-order chi connectivity index (χ0) is 19.9. The summed E-state index contributed by atoms with van der Waals surface area (Å²) in [5.41, 5.74) is 8.83. The summed E-state index contributed by atoms with van der Waals surface area (Å²) in [6.07, 6.45) is 7.11. The van der Waals surface area contributed by atoms with Crippen LogP contribution >= 0.6 is 0 Å². The van der Waals surface area contributed by atoms with Gasteiger partial charge >= 0.3 is 0 Å². The average Bonchev–Trinajstić information content (AvgIpc) is 2.53. The first-order valence-electron chi connectivity index (χ1n) is 8.53. The molecule has 0 aliphatic heterocycles.